The van der Waals surface area contributed by atoms with E-state index < -0.39 is 0 Å². The molecule has 0 spiro atoms. The molecular formula is C12H21N3O. The molecule has 0 saturated heterocycles. The largest absolute Gasteiger partial charge is 0.343 e. The number of aromatic nitrogens is 2. The van der Waals surface area contributed by atoms with Gasteiger partial charge in [0.2, 0.25) is 6.39 Å². The van der Waals surface area contributed by atoms with E-state index in [9.17, 15) is 0 Å². The van der Waals surface area contributed by atoms with Crippen molar-refractivity contribution in [3.05, 3.63) is 12.2 Å². The van der Waals surface area contributed by atoms with Gasteiger partial charge in [-0.15, -0.1) is 0 Å². The summed E-state index contributed by atoms with van der Waals surface area (Å²) < 4.78 is 4.68. The molecule has 1 aromatic rings. The second-order valence-electron chi connectivity index (χ2n) is 4.93. The molecule has 0 aliphatic heterocycles. The van der Waals surface area contributed by atoms with E-state index in [0.717, 1.165) is 37.2 Å². The Bertz CT molecular complexity index is 278. The first-order chi connectivity index (χ1) is 7.84. The molecule has 0 unspecified atom stereocenters. The van der Waals surface area contributed by atoms with Gasteiger partial charge in [0.05, 0.1) is 0 Å². The van der Waals surface area contributed by atoms with Gasteiger partial charge in [0, 0.05) is 13.0 Å². The van der Waals surface area contributed by atoms with Gasteiger partial charge < -0.3 is 9.84 Å². The minimum atomic E-state index is 0.796. The maximum Gasteiger partial charge on any atom is 0.213 e. The van der Waals surface area contributed by atoms with E-state index in [1.165, 1.54) is 32.1 Å². The summed E-state index contributed by atoms with van der Waals surface area (Å²) in [6.45, 7) is 4.45. The van der Waals surface area contributed by atoms with Gasteiger partial charge in [-0.05, 0) is 31.2 Å². The van der Waals surface area contributed by atoms with Crippen LogP contribution in [0.5, 0.6) is 0 Å². The van der Waals surface area contributed by atoms with Crippen molar-refractivity contribution in [1.82, 2.24) is 15.5 Å². The van der Waals surface area contributed by atoms with Gasteiger partial charge in [0.25, 0.3) is 0 Å². The fourth-order valence-corrected chi connectivity index (χ4v) is 2.34. The zero-order valence-electron chi connectivity index (χ0n) is 9.98. The van der Waals surface area contributed by atoms with Gasteiger partial charge in [-0.25, -0.2) is 0 Å². The summed E-state index contributed by atoms with van der Waals surface area (Å²) in [6, 6.07) is 0. The van der Waals surface area contributed by atoms with Crippen LogP contribution in [0.2, 0.25) is 0 Å². The van der Waals surface area contributed by atoms with E-state index in [2.05, 4.69) is 26.9 Å². The molecule has 0 atom stereocenters. The Kier molecular flexibility index (Phi) is 4.34. The van der Waals surface area contributed by atoms with Crippen LogP contribution in [-0.2, 0) is 6.42 Å². The van der Waals surface area contributed by atoms with E-state index in [1.807, 2.05) is 0 Å². The summed E-state index contributed by atoms with van der Waals surface area (Å²) in [5.41, 5.74) is 0. The molecular weight excluding hydrogens is 202 g/mol. The second kappa shape index (κ2) is 5.99. The number of rotatable bonds is 5. The molecule has 16 heavy (non-hydrogen) atoms. The maximum absolute atomic E-state index is 4.68. The van der Waals surface area contributed by atoms with Crippen LogP contribution in [0.1, 0.15) is 38.4 Å². The molecule has 90 valence electrons. The van der Waals surface area contributed by atoms with Crippen molar-refractivity contribution in [3.8, 4) is 0 Å². The van der Waals surface area contributed by atoms with Crippen molar-refractivity contribution in [2.45, 2.75) is 39.0 Å². The maximum atomic E-state index is 4.68. The van der Waals surface area contributed by atoms with E-state index in [4.69, 9.17) is 0 Å². The molecule has 2 rings (SSSR count). The zero-order valence-corrected chi connectivity index (χ0v) is 9.98. The molecule has 0 amide bonds. The van der Waals surface area contributed by atoms with Crippen molar-refractivity contribution in [1.29, 1.82) is 0 Å². The van der Waals surface area contributed by atoms with Crippen LogP contribution < -0.4 is 5.32 Å². The number of hydrogen-bond donors (Lipinski definition) is 1. The average molecular weight is 223 g/mol. The van der Waals surface area contributed by atoms with Crippen LogP contribution in [0.15, 0.2) is 10.9 Å². The van der Waals surface area contributed by atoms with Crippen molar-refractivity contribution >= 4 is 0 Å². The quantitative estimate of drug-likeness (QED) is 0.776. The minimum Gasteiger partial charge on any atom is -0.343 e. The SMILES string of the molecule is CC1CCC(CNCCc2ncon2)CC1. The van der Waals surface area contributed by atoms with Crippen LogP contribution in [0.3, 0.4) is 0 Å². The third-order valence-electron chi connectivity index (χ3n) is 3.50. The van der Waals surface area contributed by atoms with E-state index >= 15 is 0 Å². The minimum absolute atomic E-state index is 0.796. The molecule has 1 heterocycles. The van der Waals surface area contributed by atoms with E-state index in [1.54, 1.807) is 0 Å². The van der Waals surface area contributed by atoms with Gasteiger partial charge in [0.1, 0.15) is 0 Å². The first kappa shape index (κ1) is 11.6. The van der Waals surface area contributed by atoms with Gasteiger partial charge in [-0.2, -0.15) is 4.98 Å². The number of nitrogens with one attached hydrogen (secondary N) is 1. The second-order valence-corrected chi connectivity index (χ2v) is 4.93. The average Bonchev–Trinajstić information content (AvgIpc) is 2.80. The fraction of sp³-hybridized carbons (Fsp3) is 0.833. The Hall–Kier alpha value is -0.900. The third-order valence-corrected chi connectivity index (χ3v) is 3.50. The summed E-state index contributed by atoms with van der Waals surface area (Å²) in [7, 11) is 0. The molecule has 1 aliphatic carbocycles. The molecule has 1 N–H and O–H groups in total. The molecule has 4 heteroatoms. The molecule has 1 saturated carbocycles. The van der Waals surface area contributed by atoms with Gasteiger partial charge >= 0.3 is 0 Å². The third kappa shape index (κ3) is 3.59. The monoisotopic (exact) mass is 223 g/mol. The molecule has 0 radical (unpaired) electrons. The molecule has 1 aliphatic rings. The standard InChI is InChI=1S/C12H21N3O/c1-10-2-4-11(5-3-10)8-13-7-6-12-14-9-16-15-12/h9-11,13H,2-8H2,1H3. The van der Waals surface area contributed by atoms with Gasteiger partial charge in [-0.1, -0.05) is 24.9 Å². The lowest BCUT2D eigenvalue weighted by molar-refractivity contribution is 0.282. The van der Waals surface area contributed by atoms with Crippen molar-refractivity contribution in [3.63, 3.8) is 0 Å². The Balaban J connectivity index is 1.55. The topological polar surface area (TPSA) is 51.0 Å². The van der Waals surface area contributed by atoms with E-state index in [0.29, 0.717) is 0 Å². The predicted molar refractivity (Wildman–Crippen MR) is 62.0 cm³/mol. The normalized spacial score (nSPS) is 25.8. The number of hydrogen-bond acceptors (Lipinski definition) is 4. The molecule has 0 aromatic carbocycles. The summed E-state index contributed by atoms with van der Waals surface area (Å²) >= 11 is 0. The van der Waals surface area contributed by atoms with Crippen LogP contribution in [0.4, 0.5) is 0 Å². The Labute approximate surface area is 96.8 Å². The lowest BCUT2D eigenvalue weighted by atomic mass is 9.83. The molecule has 0 bridgehead atoms. The lowest BCUT2D eigenvalue weighted by Gasteiger charge is -2.26. The first-order valence-corrected chi connectivity index (χ1v) is 6.30. The highest BCUT2D eigenvalue weighted by Gasteiger charge is 2.17. The summed E-state index contributed by atoms with van der Waals surface area (Å²) in [5, 5.41) is 7.27. The molecule has 4 nitrogen and oxygen atoms in total. The van der Waals surface area contributed by atoms with Gasteiger partial charge in [-0.3, -0.25) is 0 Å². The van der Waals surface area contributed by atoms with Crippen LogP contribution in [0, 0.1) is 11.8 Å². The summed E-state index contributed by atoms with van der Waals surface area (Å²) in [4.78, 5) is 3.99. The smallest absolute Gasteiger partial charge is 0.213 e. The van der Waals surface area contributed by atoms with Crippen molar-refractivity contribution in [2.75, 3.05) is 13.1 Å². The zero-order chi connectivity index (χ0) is 11.2. The van der Waals surface area contributed by atoms with Gasteiger partial charge in [0.15, 0.2) is 5.82 Å². The Morgan fingerprint density at radius 3 is 2.88 bits per heavy atom. The van der Waals surface area contributed by atoms with Crippen LogP contribution in [0.25, 0.3) is 0 Å². The van der Waals surface area contributed by atoms with Crippen molar-refractivity contribution in [2.24, 2.45) is 11.8 Å². The predicted octanol–water partition coefficient (Wildman–Crippen LogP) is 2.03. The highest BCUT2D eigenvalue weighted by molar-refractivity contribution is 4.79. The van der Waals surface area contributed by atoms with E-state index in [-0.39, 0.29) is 0 Å². The van der Waals surface area contributed by atoms with Crippen LogP contribution >= 0.6 is 0 Å². The summed E-state index contributed by atoms with van der Waals surface area (Å²) in [6.07, 6.45) is 7.82. The Morgan fingerprint density at radius 1 is 1.38 bits per heavy atom. The lowest BCUT2D eigenvalue weighted by Crippen LogP contribution is -2.27. The summed E-state index contributed by atoms with van der Waals surface area (Å²) in [5.74, 6) is 2.61. The first-order valence-electron chi connectivity index (χ1n) is 6.30. The number of nitrogens with zero attached hydrogens (tertiary/aromatic N) is 2. The van der Waals surface area contributed by atoms with Crippen LogP contribution in [-0.4, -0.2) is 23.2 Å². The molecule has 1 aromatic heterocycles. The Morgan fingerprint density at radius 2 is 2.19 bits per heavy atom. The highest BCUT2D eigenvalue weighted by atomic mass is 16.5. The van der Waals surface area contributed by atoms with Crippen molar-refractivity contribution < 1.29 is 4.52 Å². The highest BCUT2D eigenvalue weighted by Crippen LogP contribution is 2.27. The fourth-order valence-electron chi connectivity index (χ4n) is 2.34. The molecule has 1 fully saturated rings.